The number of carboxylic acids is 1. The Balaban J connectivity index is 1.99. The maximum absolute atomic E-state index is 12.5. The number of hydrogen-bond donors (Lipinski definition) is 1. The Labute approximate surface area is 120 Å². The highest BCUT2D eigenvalue weighted by Crippen LogP contribution is 2.36. The summed E-state index contributed by atoms with van der Waals surface area (Å²) >= 11 is 0. The van der Waals surface area contributed by atoms with Gasteiger partial charge >= 0.3 is 12.0 Å². The molecule has 1 saturated carbocycles. The van der Waals surface area contributed by atoms with Crippen molar-refractivity contribution in [3.8, 4) is 0 Å². The minimum absolute atomic E-state index is 0.0265. The lowest BCUT2D eigenvalue weighted by Gasteiger charge is -2.29. The minimum Gasteiger partial charge on any atom is -0.481 e. The van der Waals surface area contributed by atoms with Crippen molar-refractivity contribution in [2.24, 2.45) is 11.3 Å². The summed E-state index contributed by atoms with van der Waals surface area (Å²) < 4.78 is 0. The van der Waals surface area contributed by atoms with Crippen molar-refractivity contribution in [2.75, 3.05) is 26.2 Å². The van der Waals surface area contributed by atoms with Gasteiger partial charge in [0, 0.05) is 26.2 Å². The Morgan fingerprint density at radius 3 is 2.55 bits per heavy atom. The van der Waals surface area contributed by atoms with Crippen molar-refractivity contribution in [3.05, 3.63) is 0 Å². The molecule has 5 nitrogen and oxygen atoms in total. The van der Waals surface area contributed by atoms with Crippen LogP contribution >= 0.6 is 0 Å². The van der Waals surface area contributed by atoms with Crippen LogP contribution in [0, 0.1) is 11.3 Å². The van der Waals surface area contributed by atoms with Gasteiger partial charge in [-0.25, -0.2) is 4.79 Å². The predicted molar refractivity (Wildman–Crippen MR) is 76.5 cm³/mol. The molecule has 0 aromatic rings. The monoisotopic (exact) mass is 282 g/mol. The van der Waals surface area contributed by atoms with Crippen LogP contribution in [-0.4, -0.2) is 53.1 Å². The number of urea groups is 1. The van der Waals surface area contributed by atoms with E-state index in [1.807, 2.05) is 18.7 Å². The van der Waals surface area contributed by atoms with Crippen molar-refractivity contribution in [1.29, 1.82) is 0 Å². The molecule has 1 saturated heterocycles. The molecule has 2 amide bonds. The van der Waals surface area contributed by atoms with E-state index < -0.39 is 11.4 Å². The maximum atomic E-state index is 12.5. The quantitative estimate of drug-likeness (QED) is 0.814. The number of aliphatic carboxylic acids is 1. The topological polar surface area (TPSA) is 60.9 Å². The van der Waals surface area contributed by atoms with Gasteiger partial charge in [-0.1, -0.05) is 13.3 Å². The summed E-state index contributed by atoms with van der Waals surface area (Å²) in [6, 6.07) is 0.0265. The number of hydrogen-bond acceptors (Lipinski definition) is 2. The highest BCUT2D eigenvalue weighted by Gasteiger charge is 2.46. The van der Waals surface area contributed by atoms with Crippen LogP contribution in [0.15, 0.2) is 0 Å². The highest BCUT2D eigenvalue weighted by molar-refractivity contribution is 5.79. The third kappa shape index (κ3) is 3.07. The van der Waals surface area contributed by atoms with Gasteiger partial charge in [0.2, 0.25) is 0 Å². The van der Waals surface area contributed by atoms with Gasteiger partial charge in [0.25, 0.3) is 0 Å². The van der Waals surface area contributed by atoms with E-state index >= 15 is 0 Å². The van der Waals surface area contributed by atoms with Crippen molar-refractivity contribution < 1.29 is 14.7 Å². The lowest BCUT2D eigenvalue weighted by atomic mass is 9.83. The van der Waals surface area contributed by atoms with Crippen LogP contribution in [0.3, 0.4) is 0 Å². The molecule has 0 aromatic heterocycles. The molecule has 2 aliphatic rings. The van der Waals surface area contributed by atoms with E-state index in [-0.39, 0.29) is 6.03 Å². The fraction of sp³-hybridized carbons (Fsp3) is 0.867. The number of nitrogens with zero attached hydrogens (tertiary/aromatic N) is 2. The SMILES string of the molecule is CCCC1(C(=O)O)CCN(C(=O)N(CC)CC2CC2)C1. The van der Waals surface area contributed by atoms with E-state index in [4.69, 9.17) is 0 Å². The molecule has 1 aliphatic carbocycles. The van der Waals surface area contributed by atoms with Crippen LogP contribution in [0.1, 0.15) is 46.0 Å². The van der Waals surface area contributed by atoms with Crippen molar-refractivity contribution in [3.63, 3.8) is 0 Å². The van der Waals surface area contributed by atoms with Gasteiger partial charge in [-0.3, -0.25) is 4.79 Å². The third-order valence-electron chi connectivity index (χ3n) is 4.63. The lowest BCUT2D eigenvalue weighted by molar-refractivity contribution is -0.148. The summed E-state index contributed by atoms with van der Waals surface area (Å²) in [6.07, 6.45) is 4.52. The van der Waals surface area contributed by atoms with E-state index in [0.29, 0.717) is 38.4 Å². The van der Waals surface area contributed by atoms with Crippen LogP contribution in [-0.2, 0) is 4.79 Å². The van der Waals surface area contributed by atoms with Gasteiger partial charge in [0.15, 0.2) is 0 Å². The Morgan fingerprint density at radius 1 is 1.35 bits per heavy atom. The molecule has 1 aliphatic heterocycles. The molecule has 0 aromatic carbocycles. The first kappa shape index (κ1) is 15.1. The van der Waals surface area contributed by atoms with E-state index in [2.05, 4.69) is 0 Å². The largest absolute Gasteiger partial charge is 0.481 e. The summed E-state index contributed by atoms with van der Waals surface area (Å²) in [5.41, 5.74) is -0.719. The highest BCUT2D eigenvalue weighted by atomic mass is 16.4. The average molecular weight is 282 g/mol. The number of carbonyl (C=O) groups is 2. The van der Waals surface area contributed by atoms with Gasteiger partial charge in [-0.15, -0.1) is 0 Å². The smallest absolute Gasteiger partial charge is 0.320 e. The summed E-state index contributed by atoms with van der Waals surface area (Å²) in [6.45, 7) is 6.48. The zero-order chi connectivity index (χ0) is 14.8. The number of carbonyl (C=O) groups excluding carboxylic acids is 1. The molecule has 2 fully saturated rings. The normalized spacial score (nSPS) is 25.8. The summed E-state index contributed by atoms with van der Waals surface area (Å²) in [7, 11) is 0. The van der Waals surface area contributed by atoms with Gasteiger partial charge in [0.1, 0.15) is 0 Å². The third-order valence-corrected chi connectivity index (χ3v) is 4.63. The van der Waals surface area contributed by atoms with Crippen molar-refractivity contribution in [2.45, 2.75) is 46.0 Å². The molecule has 1 unspecified atom stereocenters. The van der Waals surface area contributed by atoms with Gasteiger partial charge in [0.05, 0.1) is 5.41 Å². The Kier molecular flexibility index (Phi) is 4.55. The van der Waals surface area contributed by atoms with Gasteiger partial charge in [-0.2, -0.15) is 0 Å². The molecule has 1 atom stereocenters. The zero-order valence-corrected chi connectivity index (χ0v) is 12.6. The second-order valence-corrected chi connectivity index (χ2v) is 6.27. The van der Waals surface area contributed by atoms with E-state index in [0.717, 1.165) is 13.0 Å². The van der Waals surface area contributed by atoms with Crippen molar-refractivity contribution >= 4 is 12.0 Å². The Morgan fingerprint density at radius 2 is 2.05 bits per heavy atom. The molecule has 5 heteroatoms. The standard InChI is InChI=1S/C15H26N2O3/c1-3-7-15(13(18)19)8-9-17(11-15)14(20)16(4-2)10-12-5-6-12/h12H,3-11H2,1-2H3,(H,18,19). The van der Waals surface area contributed by atoms with Crippen LogP contribution in [0.2, 0.25) is 0 Å². The summed E-state index contributed by atoms with van der Waals surface area (Å²) in [5.74, 6) is -0.0822. The Bertz CT molecular complexity index is 381. The Hall–Kier alpha value is -1.26. The predicted octanol–water partition coefficient (Wildman–Crippen LogP) is 2.42. The molecular formula is C15H26N2O3. The van der Waals surface area contributed by atoms with Crippen LogP contribution in [0.25, 0.3) is 0 Å². The number of amides is 2. The molecule has 0 spiro atoms. The van der Waals surface area contributed by atoms with E-state index in [9.17, 15) is 14.7 Å². The molecule has 114 valence electrons. The molecule has 2 rings (SSSR count). The second-order valence-electron chi connectivity index (χ2n) is 6.27. The number of carboxylic acid groups (broad SMARTS) is 1. The molecule has 20 heavy (non-hydrogen) atoms. The average Bonchev–Trinajstić information content (AvgIpc) is 3.14. The number of rotatable bonds is 6. The van der Waals surface area contributed by atoms with Gasteiger partial charge in [-0.05, 0) is 38.5 Å². The molecular weight excluding hydrogens is 256 g/mol. The first-order valence-electron chi connectivity index (χ1n) is 7.79. The second kappa shape index (κ2) is 6.02. The first-order chi connectivity index (χ1) is 9.52. The fourth-order valence-electron chi connectivity index (χ4n) is 3.15. The van der Waals surface area contributed by atoms with Gasteiger partial charge < -0.3 is 14.9 Å². The molecule has 0 bridgehead atoms. The van der Waals surface area contributed by atoms with Crippen LogP contribution < -0.4 is 0 Å². The van der Waals surface area contributed by atoms with E-state index in [1.165, 1.54) is 12.8 Å². The summed E-state index contributed by atoms with van der Waals surface area (Å²) in [4.78, 5) is 27.7. The van der Waals surface area contributed by atoms with Crippen LogP contribution in [0.5, 0.6) is 0 Å². The summed E-state index contributed by atoms with van der Waals surface area (Å²) in [5, 5.41) is 9.49. The van der Waals surface area contributed by atoms with E-state index in [1.54, 1.807) is 4.90 Å². The first-order valence-corrected chi connectivity index (χ1v) is 7.79. The molecule has 1 N–H and O–H groups in total. The molecule has 1 heterocycles. The zero-order valence-electron chi connectivity index (χ0n) is 12.6. The molecule has 0 radical (unpaired) electrons. The maximum Gasteiger partial charge on any atom is 0.320 e. The fourth-order valence-corrected chi connectivity index (χ4v) is 3.15. The number of likely N-dealkylation sites (tertiary alicyclic amines) is 1. The van der Waals surface area contributed by atoms with Crippen LogP contribution in [0.4, 0.5) is 4.79 Å². The minimum atomic E-state index is -0.750. The van der Waals surface area contributed by atoms with Crippen molar-refractivity contribution in [1.82, 2.24) is 9.80 Å². The lowest BCUT2D eigenvalue weighted by Crippen LogP contribution is -2.44.